The zero-order chi connectivity index (χ0) is 14.1. The minimum absolute atomic E-state index is 0.0294. The smallest absolute Gasteiger partial charge is 0.222 e. The first-order chi connectivity index (χ1) is 9.69. The van der Waals surface area contributed by atoms with Crippen molar-refractivity contribution in [2.24, 2.45) is 5.92 Å². The molecule has 1 saturated heterocycles. The first kappa shape index (κ1) is 12.7. The Morgan fingerprint density at radius 3 is 3.05 bits per heavy atom. The van der Waals surface area contributed by atoms with Crippen LogP contribution in [0.2, 0.25) is 0 Å². The van der Waals surface area contributed by atoms with Crippen molar-refractivity contribution in [1.29, 1.82) is 5.26 Å². The molecule has 102 valence electrons. The monoisotopic (exact) mass is 267 g/mol. The van der Waals surface area contributed by atoms with Gasteiger partial charge >= 0.3 is 0 Å². The first-order valence-electron chi connectivity index (χ1n) is 6.92. The number of carbonyl (C=O) groups is 1. The molecule has 1 unspecified atom stereocenters. The van der Waals surface area contributed by atoms with Gasteiger partial charge in [-0.15, -0.1) is 0 Å². The molecule has 1 amide bonds. The molecule has 4 heteroatoms. The number of piperidine rings is 1. The van der Waals surface area contributed by atoms with E-state index in [4.69, 9.17) is 5.26 Å². The van der Waals surface area contributed by atoms with E-state index in [2.05, 4.69) is 17.1 Å². The van der Waals surface area contributed by atoms with Crippen molar-refractivity contribution in [3.8, 4) is 6.07 Å². The molecule has 0 aliphatic carbocycles. The van der Waals surface area contributed by atoms with Gasteiger partial charge < -0.3 is 9.88 Å². The number of nitriles is 1. The molecule has 4 nitrogen and oxygen atoms in total. The Bertz CT molecular complexity index is 695. The number of aromatic nitrogens is 1. The highest BCUT2D eigenvalue weighted by Gasteiger charge is 2.26. The van der Waals surface area contributed by atoms with E-state index in [1.807, 2.05) is 30.0 Å². The lowest BCUT2D eigenvalue weighted by atomic mass is 9.98. The molecule has 1 fully saturated rings. The van der Waals surface area contributed by atoms with Gasteiger partial charge in [-0.2, -0.15) is 5.26 Å². The SMILES string of the molecule is Cc1[nH]c2ccccc2c1CN1CC(C#N)CCC1=O. The molecule has 2 aromatic rings. The van der Waals surface area contributed by atoms with Crippen molar-refractivity contribution in [2.45, 2.75) is 26.3 Å². The van der Waals surface area contributed by atoms with Crippen molar-refractivity contribution < 1.29 is 4.79 Å². The Morgan fingerprint density at radius 1 is 1.45 bits per heavy atom. The average Bonchev–Trinajstić information content (AvgIpc) is 2.77. The molecule has 1 N–H and O–H groups in total. The predicted molar refractivity (Wildman–Crippen MR) is 76.8 cm³/mol. The molecule has 1 atom stereocenters. The maximum Gasteiger partial charge on any atom is 0.222 e. The lowest BCUT2D eigenvalue weighted by molar-refractivity contribution is -0.134. The molecule has 20 heavy (non-hydrogen) atoms. The summed E-state index contributed by atoms with van der Waals surface area (Å²) in [6.45, 7) is 3.17. The van der Waals surface area contributed by atoms with Crippen LogP contribution in [0.1, 0.15) is 24.1 Å². The number of H-pyrrole nitrogens is 1. The summed E-state index contributed by atoms with van der Waals surface area (Å²) in [6, 6.07) is 10.4. The van der Waals surface area contributed by atoms with Gasteiger partial charge in [-0.1, -0.05) is 18.2 Å². The third kappa shape index (κ3) is 2.16. The number of hydrogen-bond donors (Lipinski definition) is 1. The second-order valence-corrected chi connectivity index (χ2v) is 5.41. The third-order valence-corrected chi connectivity index (χ3v) is 4.06. The number of rotatable bonds is 2. The predicted octanol–water partition coefficient (Wildman–Crippen LogP) is 2.74. The number of aromatic amines is 1. The minimum atomic E-state index is -0.0294. The number of nitrogens with zero attached hydrogens (tertiary/aromatic N) is 2. The van der Waals surface area contributed by atoms with Gasteiger partial charge in [-0.25, -0.2) is 0 Å². The van der Waals surface area contributed by atoms with Gasteiger partial charge in [0.2, 0.25) is 5.91 Å². The summed E-state index contributed by atoms with van der Waals surface area (Å²) >= 11 is 0. The molecule has 0 spiro atoms. The molecular formula is C16H17N3O. The van der Waals surface area contributed by atoms with Crippen LogP contribution in [0.4, 0.5) is 0 Å². The van der Waals surface area contributed by atoms with E-state index < -0.39 is 0 Å². The van der Waals surface area contributed by atoms with E-state index >= 15 is 0 Å². The Morgan fingerprint density at radius 2 is 2.25 bits per heavy atom. The number of hydrogen-bond acceptors (Lipinski definition) is 2. The molecule has 1 aromatic heterocycles. The maximum atomic E-state index is 12.0. The quantitative estimate of drug-likeness (QED) is 0.909. The summed E-state index contributed by atoms with van der Waals surface area (Å²) in [5.74, 6) is 0.124. The van der Waals surface area contributed by atoms with Crippen LogP contribution >= 0.6 is 0 Å². The van der Waals surface area contributed by atoms with E-state index in [1.54, 1.807) is 0 Å². The van der Waals surface area contributed by atoms with Crippen LogP contribution in [-0.4, -0.2) is 22.3 Å². The highest BCUT2D eigenvalue weighted by Crippen LogP contribution is 2.26. The number of likely N-dealkylation sites (tertiary alicyclic amines) is 1. The number of benzene rings is 1. The standard InChI is InChI=1S/C16H17N3O/c1-11-14(13-4-2-3-5-15(13)18-11)10-19-9-12(8-17)6-7-16(19)20/h2-5,12,18H,6-7,9-10H2,1H3. The zero-order valence-electron chi connectivity index (χ0n) is 11.5. The lowest BCUT2D eigenvalue weighted by Gasteiger charge is -2.29. The number of fused-ring (bicyclic) bond motifs is 1. The van der Waals surface area contributed by atoms with Crippen LogP contribution in [0.3, 0.4) is 0 Å². The molecule has 0 saturated carbocycles. The maximum absolute atomic E-state index is 12.0. The van der Waals surface area contributed by atoms with Crippen LogP contribution < -0.4 is 0 Å². The van der Waals surface area contributed by atoms with Gasteiger partial charge in [-0.3, -0.25) is 4.79 Å². The molecular weight excluding hydrogens is 250 g/mol. The van der Waals surface area contributed by atoms with Crippen molar-refractivity contribution in [2.75, 3.05) is 6.54 Å². The molecule has 0 bridgehead atoms. The summed E-state index contributed by atoms with van der Waals surface area (Å²) < 4.78 is 0. The summed E-state index contributed by atoms with van der Waals surface area (Å²) in [4.78, 5) is 17.2. The number of carbonyl (C=O) groups excluding carboxylic acids is 1. The Hall–Kier alpha value is -2.28. The van der Waals surface area contributed by atoms with Gasteiger partial charge in [0.15, 0.2) is 0 Å². The van der Waals surface area contributed by atoms with Gasteiger partial charge in [-0.05, 0) is 25.0 Å². The lowest BCUT2D eigenvalue weighted by Crippen LogP contribution is -2.39. The van der Waals surface area contributed by atoms with E-state index in [-0.39, 0.29) is 11.8 Å². The summed E-state index contributed by atoms with van der Waals surface area (Å²) in [6.07, 6.45) is 1.18. The van der Waals surface area contributed by atoms with Crippen LogP contribution in [0.5, 0.6) is 0 Å². The topological polar surface area (TPSA) is 59.9 Å². The fourth-order valence-electron chi connectivity index (χ4n) is 2.90. The van der Waals surface area contributed by atoms with Gasteiger partial charge in [0.1, 0.15) is 0 Å². The summed E-state index contributed by atoms with van der Waals surface area (Å²) in [7, 11) is 0. The number of amides is 1. The second-order valence-electron chi connectivity index (χ2n) is 5.41. The van der Waals surface area contributed by atoms with Crippen LogP contribution in [0.15, 0.2) is 24.3 Å². The van der Waals surface area contributed by atoms with Crippen molar-refractivity contribution in [3.05, 3.63) is 35.5 Å². The second kappa shape index (κ2) is 5.01. The fourth-order valence-corrected chi connectivity index (χ4v) is 2.90. The number of nitrogens with one attached hydrogen (secondary N) is 1. The molecule has 0 radical (unpaired) electrons. The number of para-hydroxylation sites is 1. The van der Waals surface area contributed by atoms with Crippen LogP contribution in [0, 0.1) is 24.2 Å². The normalized spacial score (nSPS) is 19.3. The van der Waals surface area contributed by atoms with Crippen molar-refractivity contribution in [1.82, 2.24) is 9.88 Å². The highest BCUT2D eigenvalue weighted by atomic mass is 16.2. The summed E-state index contributed by atoms with van der Waals surface area (Å²) in [5, 5.41) is 10.2. The minimum Gasteiger partial charge on any atom is -0.358 e. The molecule has 1 aromatic carbocycles. The van der Waals surface area contributed by atoms with Gasteiger partial charge in [0.05, 0.1) is 12.0 Å². The molecule has 2 heterocycles. The fraction of sp³-hybridized carbons (Fsp3) is 0.375. The van der Waals surface area contributed by atoms with E-state index in [9.17, 15) is 4.79 Å². The highest BCUT2D eigenvalue weighted by molar-refractivity contribution is 5.85. The van der Waals surface area contributed by atoms with Gasteiger partial charge in [0, 0.05) is 36.1 Å². The third-order valence-electron chi connectivity index (χ3n) is 4.06. The van der Waals surface area contributed by atoms with Crippen molar-refractivity contribution in [3.63, 3.8) is 0 Å². The van der Waals surface area contributed by atoms with Gasteiger partial charge in [0.25, 0.3) is 0 Å². The number of aryl methyl sites for hydroxylation is 1. The van der Waals surface area contributed by atoms with E-state index in [0.717, 1.165) is 22.2 Å². The largest absolute Gasteiger partial charge is 0.358 e. The molecule has 1 aliphatic rings. The van der Waals surface area contributed by atoms with Crippen molar-refractivity contribution >= 4 is 16.8 Å². The molecule has 1 aliphatic heterocycles. The zero-order valence-corrected chi connectivity index (χ0v) is 11.5. The molecule has 3 rings (SSSR count). The van der Waals surface area contributed by atoms with E-state index in [0.29, 0.717) is 25.9 Å². The first-order valence-corrected chi connectivity index (χ1v) is 6.92. The van der Waals surface area contributed by atoms with Crippen LogP contribution in [-0.2, 0) is 11.3 Å². The Balaban J connectivity index is 1.91. The van der Waals surface area contributed by atoms with Crippen LogP contribution in [0.25, 0.3) is 10.9 Å². The Labute approximate surface area is 118 Å². The van der Waals surface area contributed by atoms with E-state index in [1.165, 1.54) is 0 Å². The Kier molecular flexibility index (Phi) is 3.19. The summed E-state index contributed by atoms with van der Waals surface area (Å²) in [5.41, 5.74) is 3.35. The average molecular weight is 267 g/mol.